The van der Waals surface area contributed by atoms with E-state index >= 15 is 0 Å². The van der Waals surface area contributed by atoms with Crippen LogP contribution in [0.4, 0.5) is 0 Å². The predicted octanol–water partition coefficient (Wildman–Crippen LogP) is 3.17. The molecule has 1 fully saturated rings. The van der Waals surface area contributed by atoms with Crippen molar-refractivity contribution in [2.75, 3.05) is 33.2 Å². The van der Waals surface area contributed by atoms with Gasteiger partial charge in [0.15, 0.2) is 0 Å². The maximum absolute atomic E-state index is 13.6. The van der Waals surface area contributed by atoms with Gasteiger partial charge in [0.1, 0.15) is 12.1 Å². The van der Waals surface area contributed by atoms with Crippen LogP contribution in [0.3, 0.4) is 0 Å². The van der Waals surface area contributed by atoms with Crippen molar-refractivity contribution in [3.8, 4) is 0 Å². The van der Waals surface area contributed by atoms with Gasteiger partial charge in [-0.05, 0) is 93.9 Å². The quantitative estimate of drug-likeness (QED) is 0.296. The van der Waals surface area contributed by atoms with E-state index in [9.17, 15) is 29.1 Å². The number of imide groups is 1. The molecule has 4 N–H and O–H groups in total. The van der Waals surface area contributed by atoms with Gasteiger partial charge in [0.2, 0.25) is 11.8 Å². The maximum Gasteiger partial charge on any atom is 0.320 e. The Kier molecular flexibility index (Phi) is 12.1. The Bertz CT molecular complexity index is 1340. The van der Waals surface area contributed by atoms with Crippen LogP contribution in [0, 0.1) is 5.92 Å². The topological polar surface area (TPSA) is 148 Å². The molecule has 11 heteroatoms. The highest BCUT2D eigenvalue weighted by atomic mass is 16.4. The second kappa shape index (κ2) is 15.9. The van der Waals surface area contributed by atoms with Crippen molar-refractivity contribution in [1.82, 2.24) is 25.8 Å². The zero-order chi connectivity index (χ0) is 32.5. The number of benzene rings is 2. The van der Waals surface area contributed by atoms with Crippen molar-refractivity contribution in [2.24, 2.45) is 5.92 Å². The van der Waals surface area contributed by atoms with Crippen molar-refractivity contribution in [2.45, 2.75) is 83.3 Å². The zero-order valence-corrected chi connectivity index (χ0v) is 26.6. The van der Waals surface area contributed by atoms with Crippen molar-refractivity contribution in [3.63, 3.8) is 0 Å². The van der Waals surface area contributed by atoms with E-state index in [0.29, 0.717) is 30.5 Å². The SMILES string of the molecule is CC(C)C[C@H](NC(CCN1C(=O)c2cc3ccccc3cc2C1=O)C(=O)O)C(=O)NC1CCCCN(C)CCCCCNC1=O. The summed E-state index contributed by atoms with van der Waals surface area (Å²) in [5.74, 6) is -2.73. The maximum atomic E-state index is 13.6. The average molecular weight is 622 g/mol. The highest BCUT2D eigenvalue weighted by molar-refractivity contribution is 6.23. The molecule has 11 nitrogen and oxygen atoms in total. The van der Waals surface area contributed by atoms with Gasteiger partial charge in [0.05, 0.1) is 17.2 Å². The Balaban J connectivity index is 1.42. The number of hydrogen-bond donors (Lipinski definition) is 4. The molecule has 4 amide bonds. The number of amides is 4. The van der Waals surface area contributed by atoms with Gasteiger partial charge in [-0.3, -0.25) is 34.2 Å². The van der Waals surface area contributed by atoms with E-state index in [0.717, 1.165) is 60.9 Å². The zero-order valence-electron chi connectivity index (χ0n) is 26.6. The van der Waals surface area contributed by atoms with Crippen molar-refractivity contribution in [3.05, 3.63) is 47.5 Å². The molecule has 0 spiro atoms. The summed E-state index contributed by atoms with van der Waals surface area (Å²) >= 11 is 0. The van der Waals surface area contributed by atoms with Crippen molar-refractivity contribution in [1.29, 1.82) is 0 Å². The molecule has 2 aromatic carbocycles. The molecule has 2 aliphatic rings. The van der Waals surface area contributed by atoms with Crippen LogP contribution in [-0.4, -0.2) is 95.9 Å². The fourth-order valence-electron chi connectivity index (χ4n) is 6.08. The molecule has 2 unspecified atom stereocenters. The van der Waals surface area contributed by atoms with Gasteiger partial charge >= 0.3 is 5.97 Å². The van der Waals surface area contributed by atoms with Crippen LogP contribution < -0.4 is 16.0 Å². The summed E-state index contributed by atoms with van der Waals surface area (Å²) < 4.78 is 0. The van der Waals surface area contributed by atoms with E-state index in [1.165, 1.54) is 0 Å². The standard InChI is InChI=1S/C34H47N5O6/c1-22(2)19-29(31(41)37-27-13-7-10-17-38(3)16-9-4-8-15-35-30(27)40)36-28(34(44)45)14-18-39-32(42)25-20-23-11-5-6-12-24(23)21-26(25)33(39)43/h5-6,11-12,20-22,27-29,36H,4,7-10,13-19H2,1-3H3,(H,35,40)(H,37,41)(H,44,45)/t27?,28?,29-/m0/s1. The first-order chi connectivity index (χ1) is 21.5. The number of carboxylic acid groups (broad SMARTS) is 1. The summed E-state index contributed by atoms with van der Waals surface area (Å²) in [4.78, 5) is 68.7. The second-order valence-corrected chi connectivity index (χ2v) is 12.7. The van der Waals surface area contributed by atoms with Crippen LogP contribution in [0.1, 0.15) is 85.9 Å². The lowest BCUT2D eigenvalue weighted by molar-refractivity contribution is -0.140. The lowest BCUT2D eigenvalue weighted by Gasteiger charge is -2.27. The molecule has 0 aliphatic carbocycles. The molecule has 0 radical (unpaired) electrons. The molecule has 0 bridgehead atoms. The van der Waals surface area contributed by atoms with Crippen LogP contribution in [0.5, 0.6) is 0 Å². The van der Waals surface area contributed by atoms with Gasteiger partial charge in [0.25, 0.3) is 11.8 Å². The third kappa shape index (κ3) is 9.11. The third-order valence-corrected chi connectivity index (χ3v) is 8.63. The molecule has 2 aromatic rings. The van der Waals surface area contributed by atoms with E-state index in [1.54, 1.807) is 12.1 Å². The van der Waals surface area contributed by atoms with E-state index in [1.807, 2.05) is 38.1 Å². The average Bonchev–Trinajstić information content (AvgIpc) is 3.24. The molecule has 4 rings (SSSR count). The lowest BCUT2D eigenvalue weighted by atomic mass is 10.00. The molecule has 0 saturated carbocycles. The Morgan fingerprint density at radius 3 is 2.16 bits per heavy atom. The van der Waals surface area contributed by atoms with E-state index < -0.39 is 41.8 Å². The van der Waals surface area contributed by atoms with Gasteiger partial charge in [-0.2, -0.15) is 0 Å². The number of rotatable bonds is 10. The molecule has 244 valence electrons. The van der Waals surface area contributed by atoms with Crippen LogP contribution in [0.25, 0.3) is 10.8 Å². The third-order valence-electron chi connectivity index (χ3n) is 8.63. The number of nitrogens with zero attached hydrogens (tertiary/aromatic N) is 2. The minimum Gasteiger partial charge on any atom is -0.480 e. The Hall–Kier alpha value is -3.83. The summed E-state index contributed by atoms with van der Waals surface area (Å²) in [5.41, 5.74) is 0.598. The van der Waals surface area contributed by atoms with E-state index in [4.69, 9.17) is 0 Å². The van der Waals surface area contributed by atoms with Gasteiger partial charge in [0, 0.05) is 13.1 Å². The monoisotopic (exact) mass is 621 g/mol. The van der Waals surface area contributed by atoms with Crippen molar-refractivity contribution >= 4 is 40.4 Å². The Labute approximate surface area is 265 Å². The fourth-order valence-corrected chi connectivity index (χ4v) is 6.08. The Morgan fingerprint density at radius 2 is 1.56 bits per heavy atom. The minimum absolute atomic E-state index is 0.0532. The summed E-state index contributed by atoms with van der Waals surface area (Å²) in [7, 11) is 2.10. The number of carboxylic acids is 1. The Morgan fingerprint density at radius 1 is 0.933 bits per heavy atom. The van der Waals surface area contributed by atoms with Gasteiger partial charge in [-0.15, -0.1) is 0 Å². The number of carbonyl (C=O) groups is 5. The first-order valence-electron chi connectivity index (χ1n) is 16.2. The van der Waals surface area contributed by atoms with Gasteiger partial charge in [-0.1, -0.05) is 44.5 Å². The normalized spacial score (nSPS) is 20.1. The summed E-state index contributed by atoms with van der Waals surface area (Å²) in [6.45, 7) is 6.22. The summed E-state index contributed by atoms with van der Waals surface area (Å²) in [6, 6.07) is 8.02. The molecular weight excluding hydrogens is 574 g/mol. The van der Waals surface area contributed by atoms with E-state index in [-0.39, 0.29) is 24.8 Å². The minimum atomic E-state index is -1.20. The predicted molar refractivity (Wildman–Crippen MR) is 172 cm³/mol. The molecule has 45 heavy (non-hydrogen) atoms. The first-order valence-corrected chi connectivity index (χ1v) is 16.2. The van der Waals surface area contributed by atoms with E-state index in [2.05, 4.69) is 27.9 Å². The van der Waals surface area contributed by atoms with Gasteiger partial charge < -0.3 is 20.6 Å². The smallest absolute Gasteiger partial charge is 0.320 e. The molecule has 2 aliphatic heterocycles. The lowest BCUT2D eigenvalue weighted by Crippen LogP contribution is -2.56. The molecule has 0 aromatic heterocycles. The molecule has 3 atom stereocenters. The van der Waals surface area contributed by atoms with Crippen LogP contribution >= 0.6 is 0 Å². The number of hydrogen-bond acceptors (Lipinski definition) is 7. The highest BCUT2D eigenvalue weighted by Gasteiger charge is 2.37. The van der Waals surface area contributed by atoms with Crippen LogP contribution in [0.2, 0.25) is 0 Å². The summed E-state index contributed by atoms with van der Waals surface area (Å²) in [6.07, 6.45) is 5.35. The number of nitrogens with one attached hydrogen (secondary N) is 3. The van der Waals surface area contributed by atoms with Crippen LogP contribution in [-0.2, 0) is 14.4 Å². The molecular formula is C34H47N5O6. The molecule has 1 saturated heterocycles. The van der Waals surface area contributed by atoms with Gasteiger partial charge in [-0.25, -0.2) is 0 Å². The summed E-state index contributed by atoms with van der Waals surface area (Å²) in [5, 5.41) is 20.6. The number of fused-ring (bicyclic) bond motifs is 2. The van der Waals surface area contributed by atoms with Crippen molar-refractivity contribution < 1.29 is 29.1 Å². The largest absolute Gasteiger partial charge is 0.480 e. The number of carbonyl (C=O) groups excluding carboxylic acids is 4. The number of aliphatic carboxylic acids is 1. The first kappa shape index (κ1) is 34.1. The molecule has 2 heterocycles. The highest BCUT2D eigenvalue weighted by Crippen LogP contribution is 2.28. The second-order valence-electron chi connectivity index (χ2n) is 12.7. The fraction of sp³-hybridized carbons (Fsp3) is 0.559. The van der Waals surface area contributed by atoms with Crippen LogP contribution in [0.15, 0.2) is 36.4 Å².